The molecule has 0 spiro atoms. The average molecular weight is 884 g/mol. The number of benzene rings is 2. The molecule has 58 heavy (non-hydrogen) atoms. The molecule has 7 rings (SSSR count). The maximum Gasteiger partial charge on any atom is 0.416 e. The van der Waals surface area contributed by atoms with Gasteiger partial charge in [0.1, 0.15) is 17.8 Å². The van der Waals surface area contributed by atoms with Crippen LogP contribution >= 0.6 is 15.9 Å². The molecule has 4 aromatic rings. The highest BCUT2D eigenvalue weighted by Gasteiger charge is 2.32. The summed E-state index contributed by atoms with van der Waals surface area (Å²) in [6, 6.07) is 11.2. The minimum absolute atomic E-state index is 0.202. The van der Waals surface area contributed by atoms with Gasteiger partial charge in [0, 0.05) is 58.4 Å². The fourth-order valence-corrected chi connectivity index (χ4v) is 7.52. The van der Waals surface area contributed by atoms with Crippen molar-refractivity contribution in [1.29, 1.82) is 0 Å². The van der Waals surface area contributed by atoms with Crippen LogP contribution in [-0.2, 0) is 61.2 Å². The van der Waals surface area contributed by atoms with E-state index in [1.165, 1.54) is 4.90 Å². The zero-order valence-corrected chi connectivity index (χ0v) is 34.0. The van der Waals surface area contributed by atoms with Crippen LogP contribution in [0.3, 0.4) is 0 Å². The third-order valence-corrected chi connectivity index (χ3v) is 10.4. The second kappa shape index (κ2) is 18.0. The first-order chi connectivity index (χ1) is 27.4. The molecular formula is C39H45BrF6N8O4. The molecule has 0 N–H and O–H groups in total. The molecule has 2 amide bonds. The molecule has 0 atom stereocenters. The Balaban J connectivity index is 0.000000200. The molecule has 3 aliphatic heterocycles. The molecule has 1 fully saturated rings. The second-order valence-corrected chi connectivity index (χ2v) is 15.6. The van der Waals surface area contributed by atoms with Crippen molar-refractivity contribution in [3.63, 3.8) is 0 Å². The van der Waals surface area contributed by atoms with Crippen molar-refractivity contribution >= 4 is 33.9 Å². The highest BCUT2D eigenvalue weighted by molar-refractivity contribution is 9.10. The molecule has 314 valence electrons. The van der Waals surface area contributed by atoms with E-state index >= 15 is 0 Å². The second-order valence-electron chi connectivity index (χ2n) is 14.8. The molecule has 2 aromatic heterocycles. The van der Waals surface area contributed by atoms with Gasteiger partial charge in [0.25, 0.3) is 0 Å². The Bertz CT molecular complexity index is 2080. The smallest absolute Gasteiger partial charge is 0.416 e. The normalized spacial score (nSPS) is 16.4. The third kappa shape index (κ3) is 11.2. The Hall–Kier alpha value is -4.78. The average Bonchev–Trinajstić information content (AvgIpc) is 3.57. The quantitative estimate of drug-likeness (QED) is 0.186. The standard InChI is InChI=1S/C22H28F3N5O2.C17H17BrF3N3O2/c1-16-10-17(12-18(11-16)22(23,24)25)15-32-21(31)29-4-3-5-30-19(14-29)13-20(26-30)28-8-6-27(2)7-9-28;1-11-5-12(7-13(6-11)17(19,20)21)10-26-16(25)23-3-2-4-24-14(9-23)8-15(18)22-24/h10-13H,3-9,14-15H2,1-2H3;5-8H,2-4,9-10H2,1H3. The van der Waals surface area contributed by atoms with Crippen molar-refractivity contribution in [3.8, 4) is 0 Å². The van der Waals surface area contributed by atoms with Gasteiger partial charge in [-0.25, -0.2) is 9.59 Å². The van der Waals surface area contributed by atoms with E-state index < -0.39 is 35.7 Å². The molecular weight excluding hydrogens is 838 g/mol. The molecule has 19 heteroatoms. The minimum Gasteiger partial charge on any atom is -0.445 e. The summed E-state index contributed by atoms with van der Waals surface area (Å²) < 4.78 is 92.9. The number of aryl methyl sites for hydroxylation is 4. The van der Waals surface area contributed by atoms with Crippen molar-refractivity contribution in [3.05, 3.63) is 97.9 Å². The zero-order valence-electron chi connectivity index (χ0n) is 32.4. The van der Waals surface area contributed by atoms with Gasteiger partial charge in [0.15, 0.2) is 5.82 Å². The van der Waals surface area contributed by atoms with E-state index in [1.807, 2.05) is 21.5 Å². The SMILES string of the molecule is Cc1cc(COC(=O)N2CCCn3nc(Br)cc3C2)cc(C(F)(F)F)c1.Cc1cc(COC(=O)N2CCCn3nc(N4CCN(C)CC4)cc3C2)cc(C(F)(F)F)c1. The first kappa shape index (κ1) is 42.8. The third-order valence-electron chi connectivity index (χ3n) is 9.98. The van der Waals surface area contributed by atoms with E-state index in [2.05, 4.69) is 37.9 Å². The van der Waals surface area contributed by atoms with E-state index in [-0.39, 0.29) is 13.2 Å². The lowest BCUT2D eigenvalue weighted by molar-refractivity contribution is -0.138. The number of rotatable bonds is 5. The van der Waals surface area contributed by atoms with E-state index in [9.17, 15) is 35.9 Å². The van der Waals surface area contributed by atoms with Crippen molar-refractivity contribution in [2.24, 2.45) is 0 Å². The Morgan fingerprint density at radius 2 is 1.10 bits per heavy atom. The van der Waals surface area contributed by atoms with Gasteiger partial charge in [0.2, 0.25) is 0 Å². The number of amides is 2. The van der Waals surface area contributed by atoms with Crippen molar-refractivity contribution < 1.29 is 45.4 Å². The van der Waals surface area contributed by atoms with Gasteiger partial charge >= 0.3 is 24.5 Å². The molecule has 5 heterocycles. The van der Waals surface area contributed by atoms with Crippen molar-refractivity contribution in [2.75, 3.05) is 51.2 Å². The van der Waals surface area contributed by atoms with Crippen LogP contribution in [0.1, 0.15) is 57.6 Å². The number of hydrogen-bond acceptors (Lipinski definition) is 8. The first-order valence-electron chi connectivity index (χ1n) is 18.8. The number of halogens is 7. The number of aromatic nitrogens is 4. The van der Waals surface area contributed by atoms with E-state index in [1.54, 1.807) is 30.9 Å². The molecule has 12 nitrogen and oxygen atoms in total. The van der Waals surface area contributed by atoms with Gasteiger partial charge in [-0.2, -0.15) is 36.5 Å². The highest BCUT2D eigenvalue weighted by Crippen LogP contribution is 2.32. The lowest BCUT2D eigenvalue weighted by atomic mass is 10.1. The number of hydrogen-bond donors (Lipinski definition) is 0. The van der Waals surface area contributed by atoms with Gasteiger partial charge in [-0.05, 0) is 91.1 Å². The zero-order chi connectivity index (χ0) is 41.8. The molecule has 3 aliphatic rings. The number of nitrogens with zero attached hydrogens (tertiary/aromatic N) is 8. The predicted octanol–water partition coefficient (Wildman–Crippen LogP) is 8.02. The van der Waals surface area contributed by atoms with Crippen molar-refractivity contribution in [1.82, 2.24) is 34.3 Å². The number of alkyl halides is 6. The van der Waals surface area contributed by atoms with Gasteiger partial charge in [0.05, 0.1) is 35.6 Å². The first-order valence-corrected chi connectivity index (χ1v) is 19.6. The maximum atomic E-state index is 13.0. The Morgan fingerprint density at radius 1 is 0.638 bits per heavy atom. The van der Waals surface area contributed by atoms with Crippen molar-refractivity contribution in [2.45, 2.75) is 78.4 Å². The summed E-state index contributed by atoms with van der Waals surface area (Å²) in [5, 5.41) is 9.02. The molecule has 0 bridgehead atoms. The summed E-state index contributed by atoms with van der Waals surface area (Å²) in [6.45, 7) is 9.67. The summed E-state index contributed by atoms with van der Waals surface area (Å²) in [5.74, 6) is 0.919. The van der Waals surface area contributed by atoms with Crippen LogP contribution in [0.15, 0.2) is 53.1 Å². The monoisotopic (exact) mass is 882 g/mol. The fourth-order valence-electron chi connectivity index (χ4n) is 7.07. The lowest BCUT2D eigenvalue weighted by Crippen LogP contribution is -2.44. The van der Waals surface area contributed by atoms with E-state index in [4.69, 9.17) is 14.6 Å². The molecule has 0 radical (unpaired) electrons. The fraction of sp³-hybridized carbons (Fsp3) is 0.487. The maximum absolute atomic E-state index is 13.0. The van der Waals surface area contributed by atoms with Gasteiger partial charge in [-0.15, -0.1) is 0 Å². The topological polar surface area (TPSA) is 101 Å². The van der Waals surface area contributed by atoms with Crippen LogP contribution in [0.2, 0.25) is 0 Å². The Morgan fingerprint density at radius 3 is 1.59 bits per heavy atom. The minimum atomic E-state index is -4.44. The largest absolute Gasteiger partial charge is 0.445 e. The number of carbonyl (C=O) groups excluding carboxylic acids is 2. The van der Waals surface area contributed by atoms with E-state index in [0.29, 0.717) is 66.1 Å². The molecule has 1 saturated heterocycles. The summed E-state index contributed by atoms with van der Waals surface area (Å²) in [4.78, 5) is 32.7. The predicted molar refractivity (Wildman–Crippen MR) is 205 cm³/mol. The molecule has 2 aromatic carbocycles. The van der Waals surface area contributed by atoms with Gasteiger partial charge < -0.3 is 29.1 Å². The number of likely N-dealkylation sites (N-methyl/N-ethyl adjacent to an activating group) is 1. The van der Waals surface area contributed by atoms with Gasteiger partial charge in [-0.1, -0.05) is 23.3 Å². The Labute approximate surface area is 340 Å². The van der Waals surface area contributed by atoms with Crippen LogP contribution < -0.4 is 4.90 Å². The highest BCUT2D eigenvalue weighted by atomic mass is 79.9. The number of fused-ring (bicyclic) bond motifs is 2. The number of carbonyl (C=O) groups is 2. The van der Waals surface area contributed by atoms with Crippen LogP contribution in [0.25, 0.3) is 0 Å². The molecule has 0 aliphatic carbocycles. The summed E-state index contributed by atoms with van der Waals surface area (Å²) >= 11 is 3.31. The summed E-state index contributed by atoms with van der Waals surface area (Å²) in [7, 11) is 2.10. The number of anilines is 1. The van der Waals surface area contributed by atoms with Crippen LogP contribution in [0, 0.1) is 13.8 Å². The molecule has 0 unspecified atom stereocenters. The van der Waals surface area contributed by atoms with Crippen LogP contribution in [0.4, 0.5) is 41.7 Å². The number of ether oxygens (including phenoxy) is 2. The van der Waals surface area contributed by atoms with E-state index in [0.717, 1.165) is 80.5 Å². The van der Waals surface area contributed by atoms with Gasteiger partial charge in [-0.3, -0.25) is 9.36 Å². The van der Waals surface area contributed by atoms with Crippen LogP contribution in [-0.4, -0.2) is 92.8 Å². The molecule has 0 saturated carbocycles. The number of piperazine rings is 1. The lowest BCUT2D eigenvalue weighted by Gasteiger charge is -2.32. The summed E-state index contributed by atoms with van der Waals surface area (Å²) in [6.07, 6.45) is -8.49. The summed E-state index contributed by atoms with van der Waals surface area (Å²) in [5.41, 5.74) is 1.90. The Kier molecular flexibility index (Phi) is 13.3. The van der Waals surface area contributed by atoms with Crippen LogP contribution in [0.5, 0.6) is 0 Å².